The maximum Gasteiger partial charge on any atom is 0.103 e. The second-order valence-corrected chi connectivity index (χ2v) is 4.29. The lowest BCUT2D eigenvalue weighted by atomic mass is 9.93. The van der Waals surface area contributed by atoms with Gasteiger partial charge in [-0.25, -0.2) is 0 Å². The minimum Gasteiger partial charge on any atom is -0.381 e. The van der Waals surface area contributed by atoms with Crippen LogP contribution in [0.2, 0.25) is 0 Å². The van der Waals surface area contributed by atoms with E-state index in [0.29, 0.717) is 5.92 Å². The van der Waals surface area contributed by atoms with Crippen LogP contribution < -0.4 is 0 Å². The van der Waals surface area contributed by atoms with Gasteiger partial charge in [0.25, 0.3) is 0 Å². The Kier molecular flexibility index (Phi) is 3.39. The SMILES string of the molecule is N#CC(C1CCCOC1)N1CCCC1. The fourth-order valence-corrected chi connectivity index (χ4v) is 2.52. The quantitative estimate of drug-likeness (QED) is 0.666. The van der Waals surface area contributed by atoms with Crippen LogP contribution in [0.25, 0.3) is 0 Å². The van der Waals surface area contributed by atoms with E-state index in [1.807, 2.05) is 0 Å². The fourth-order valence-electron chi connectivity index (χ4n) is 2.52. The molecule has 3 nitrogen and oxygen atoms in total. The summed E-state index contributed by atoms with van der Waals surface area (Å²) >= 11 is 0. The van der Waals surface area contributed by atoms with Crippen molar-refractivity contribution in [2.24, 2.45) is 5.92 Å². The van der Waals surface area contributed by atoms with Crippen molar-refractivity contribution in [2.45, 2.75) is 31.7 Å². The molecule has 2 unspecified atom stereocenters. The van der Waals surface area contributed by atoms with Gasteiger partial charge in [0.2, 0.25) is 0 Å². The van der Waals surface area contributed by atoms with Crippen molar-refractivity contribution in [2.75, 3.05) is 26.3 Å². The Hall–Kier alpha value is -0.590. The molecule has 2 aliphatic heterocycles. The molecule has 14 heavy (non-hydrogen) atoms. The van der Waals surface area contributed by atoms with Crippen LogP contribution in [-0.4, -0.2) is 37.2 Å². The summed E-state index contributed by atoms with van der Waals surface area (Å²) in [5.41, 5.74) is 0. The third-order valence-electron chi connectivity index (χ3n) is 3.31. The molecule has 2 atom stereocenters. The monoisotopic (exact) mass is 194 g/mol. The zero-order valence-electron chi connectivity index (χ0n) is 8.61. The second kappa shape index (κ2) is 4.77. The Morgan fingerprint density at radius 3 is 2.64 bits per heavy atom. The summed E-state index contributed by atoms with van der Waals surface area (Å²) in [5, 5.41) is 9.19. The van der Waals surface area contributed by atoms with Crippen molar-refractivity contribution >= 4 is 0 Å². The third kappa shape index (κ3) is 2.08. The summed E-state index contributed by atoms with van der Waals surface area (Å²) in [4.78, 5) is 2.33. The van der Waals surface area contributed by atoms with Crippen molar-refractivity contribution in [1.29, 1.82) is 5.26 Å². The Labute approximate surface area is 85.6 Å². The van der Waals surface area contributed by atoms with Crippen molar-refractivity contribution in [1.82, 2.24) is 4.90 Å². The van der Waals surface area contributed by atoms with Gasteiger partial charge in [0.15, 0.2) is 0 Å². The first-order chi connectivity index (χ1) is 6.92. The van der Waals surface area contributed by atoms with E-state index < -0.39 is 0 Å². The van der Waals surface area contributed by atoms with Gasteiger partial charge in [0.1, 0.15) is 6.04 Å². The van der Waals surface area contributed by atoms with Gasteiger partial charge in [-0.05, 0) is 38.8 Å². The van der Waals surface area contributed by atoms with Crippen LogP contribution in [0.15, 0.2) is 0 Å². The predicted octanol–water partition coefficient (Wildman–Crippen LogP) is 1.40. The lowest BCUT2D eigenvalue weighted by molar-refractivity contribution is 0.0277. The molecule has 2 heterocycles. The lowest BCUT2D eigenvalue weighted by Crippen LogP contribution is -2.41. The third-order valence-corrected chi connectivity index (χ3v) is 3.31. The number of nitriles is 1. The zero-order chi connectivity index (χ0) is 9.80. The Morgan fingerprint density at radius 1 is 1.29 bits per heavy atom. The molecule has 2 fully saturated rings. The first kappa shape index (κ1) is 9.95. The van der Waals surface area contributed by atoms with Crippen molar-refractivity contribution in [3.63, 3.8) is 0 Å². The summed E-state index contributed by atoms with van der Waals surface area (Å²) in [5.74, 6) is 0.451. The molecule has 0 bridgehead atoms. The van der Waals surface area contributed by atoms with Gasteiger partial charge in [-0.1, -0.05) is 0 Å². The normalized spacial score (nSPS) is 31.2. The maximum absolute atomic E-state index is 9.19. The van der Waals surface area contributed by atoms with E-state index >= 15 is 0 Å². The molecule has 0 aromatic rings. The Bertz CT molecular complexity index is 212. The molecule has 0 amide bonds. The molecular formula is C11H18N2O. The molecule has 0 aromatic carbocycles. The molecule has 2 rings (SSSR count). The molecule has 0 spiro atoms. The number of nitrogens with zero attached hydrogens (tertiary/aromatic N) is 2. The fraction of sp³-hybridized carbons (Fsp3) is 0.909. The molecular weight excluding hydrogens is 176 g/mol. The lowest BCUT2D eigenvalue weighted by Gasteiger charge is -2.31. The van der Waals surface area contributed by atoms with Crippen molar-refractivity contribution in [3.8, 4) is 6.07 Å². The van der Waals surface area contributed by atoms with Crippen LogP contribution >= 0.6 is 0 Å². The smallest absolute Gasteiger partial charge is 0.103 e. The molecule has 0 saturated carbocycles. The molecule has 2 aliphatic rings. The van der Waals surface area contributed by atoms with Gasteiger partial charge in [0.05, 0.1) is 12.7 Å². The standard InChI is InChI=1S/C11H18N2O/c12-8-11(13-5-1-2-6-13)10-4-3-7-14-9-10/h10-11H,1-7,9H2. The molecule has 0 aromatic heterocycles. The molecule has 0 aliphatic carbocycles. The van der Waals surface area contributed by atoms with E-state index in [1.54, 1.807) is 0 Å². The summed E-state index contributed by atoms with van der Waals surface area (Å²) in [6.45, 7) is 3.88. The predicted molar refractivity (Wildman–Crippen MR) is 53.8 cm³/mol. The highest BCUT2D eigenvalue weighted by Gasteiger charge is 2.30. The van der Waals surface area contributed by atoms with Gasteiger partial charge in [0, 0.05) is 12.5 Å². The first-order valence-corrected chi connectivity index (χ1v) is 5.63. The van der Waals surface area contributed by atoms with Crippen LogP contribution in [0, 0.1) is 17.2 Å². The topological polar surface area (TPSA) is 36.3 Å². The molecule has 0 radical (unpaired) electrons. The highest BCUT2D eigenvalue weighted by molar-refractivity contribution is 4.98. The van der Waals surface area contributed by atoms with Crippen LogP contribution in [0.4, 0.5) is 0 Å². The van der Waals surface area contributed by atoms with Gasteiger partial charge < -0.3 is 4.74 Å². The highest BCUT2D eigenvalue weighted by Crippen LogP contribution is 2.23. The summed E-state index contributed by atoms with van der Waals surface area (Å²) < 4.78 is 5.45. The molecule has 2 saturated heterocycles. The van der Waals surface area contributed by atoms with E-state index in [4.69, 9.17) is 4.74 Å². The van der Waals surface area contributed by atoms with E-state index in [9.17, 15) is 5.26 Å². The second-order valence-electron chi connectivity index (χ2n) is 4.29. The first-order valence-electron chi connectivity index (χ1n) is 5.63. The van der Waals surface area contributed by atoms with Gasteiger partial charge in [-0.2, -0.15) is 5.26 Å². The molecule has 3 heteroatoms. The zero-order valence-corrected chi connectivity index (χ0v) is 8.61. The number of hydrogen-bond donors (Lipinski definition) is 0. The van der Waals surface area contributed by atoms with E-state index in [0.717, 1.165) is 39.1 Å². The molecule has 0 N–H and O–H groups in total. The largest absolute Gasteiger partial charge is 0.381 e. The van der Waals surface area contributed by atoms with Crippen LogP contribution in [0.3, 0.4) is 0 Å². The number of ether oxygens (including phenoxy) is 1. The average molecular weight is 194 g/mol. The minimum absolute atomic E-state index is 0.109. The average Bonchev–Trinajstić information content (AvgIpc) is 2.74. The Balaban J connectivity index is 1.93. The Morgan fingerprint density at radius 2 is 2.07 bits per heavy atom. The van der Waals surface area contributed by atoms with Crippen LogP contribution in [0.5, 0.6) is 0 Å². The molecule has 78 valence electrons. The summed E-state index contributed by atoms with van der Waals surface area (Å²) in [6, 6.07) is 2.57. The van der Waals surface area contributed by atoms with Gasteiger partial charge in [-0.15, -0.1) is 0 Å². The summed E-state index contributed by atoms with van der Waals surface area (Å²) in [7, 11) is 0. The van der Waals surface area contributed by atoms with Crippen molar-refractivity contribution < 1.29 is 4.74 Å². The number of likely N-dealkylation sites (tertiary alicyclic amines) is 1. The van der Waals surface area contributed by atoms with Gasteiger partial charge >= 0.3 is 0 Å². The van der Waals surface area contributed by atoms with E-state index in [-0.39, 0.29) is 6.04 Å². The van der Waals surface area contributed by atoms with Gasteiger partial charge in [-0.3, -0.25) is 4.90 Å². The maximum atomic E-state index is 9.19. The highest BCUT2D eigenvalue weighted by atomic mass is 16.5. The number of rotatable bonds is 2. The minimum atomic E-state index is 0.109. The van der Waals surface area contributed by atoms with E-state index in [1.165, 1.54) is 12.8 Å². The van der Waals surface area contributed by atoms with Crippen molar-refractivity contribution in [3.05, 3.63) is 0 Å². The van der Waals surface area contributed by atoms with Crippen LogP contribution in [0.1, 0.15) is 25.7 Å². The summed E-state index contributed by atoms with van der Waals surface area (Å²) in [6.07, 6.45) is 4.79. The number of hydrogen-bond acceptors (Lipinski definition) is 3. The van der Waals surface area contributed by atoms with Crippen LogP contribution in [-0.2, 0) is 4.74 Å². The van der Waals surface area contributed by atoms with E-state index in [2.05, 4.69) is 11.0 Å².